The first-order valence-electron chi connectivity index (χ1n) is 7.04. The van der Waals surface area contributed by atoms with E-state index < -0.39 is 10.1 Å². The summed E-state index contributed by atoms with van der Waals surface area (Å²) in [6.45, 7) is 6.65. The van der Waals surface area contributed by atoms with E-state index in [1.165, 1.54) is 0 Å². The predicted molar refractivity (Wildman–Crippen MR) is 81.6 cm³/mol. The van der Waals surface area contributed by atoms with Crippen LogP contribution in [-0.2, 0) is 14.9 Å². The van der Waals surface area contributed by atoms with Gasteiger partial charge in [0.1, 0.15) is 6.54 Å². The number of nitrogens with one attached hydrogen (secondary N) is 1. The van der Waals surface area contributed by atoms with Crippen molar-refractivity contribution in [3.8, 4) is 0 Å². The number of aliphatic hydroxyl groups excluding tert-OH is 1. The van der Waals surface area contributed by atoms with Crippen LogP contribution in [0.4, 0.5) is 0 Å². The maximum absolute atomic E-state index is 11.5. The van der Waals surface area contributed by atoms with Crippen LogP contribution in [0.2, 0.25) is 0 Å². The van der Waals surface area contributed by atoms with Gasteiger partial charge in [0.2, 0.25) is 5.91 Å². The van der Waals surface area contributed by atoms with E-state index in [9.17, 15) is 4.79 Å². The minimum Gasteiger partial charge on any atom is -0.748 e. The van der Waals surface area contributed by atoms with E-state index in [1.54, 1.807) is 0 Å². The molecule has 0 radical (unpaired) electrons. The summed E-state index contributed by atoms with van der Waals surface area (Å²) in [5, 5.41) is 11.8. The molecule has 0 aliphatic carbocycles. The third-order valence-corrected chi connectivity index (χ3v) is 3.00. The van der Waals surface area contributed by atoms with Crippen molar-refractivity contribution in [2.24, 2.45) is 5.92 Å². The zero-order valence-electron chi connectivity index (χ0n) is 13.8. The van der Waals surface area contributed by atoms with Gasteiger partial charge in [-0.1, -0.05) is 13.8 Å². The number of hydrogen-bond acceptors (Lipinski definition) is 5. The van der Waals surface area contributed by atoms with E-state index in [0.717, 1.165) is 37.0 Å². The van der Waals surface area contributed by atoms with Gasteiger partial charge in [0.25, 0.3) is 0 Å². The number of amides is 1. The minimum absolute atomic E-state index is 0.111. The minimum atomic E-state index is -3.92. The summed E-state index contributed by atoms with van der Waals surface area (Å²) in [6, 6.07) is 0. The van der Waals surface area contributed by atoms with Crippen molar-refractivity contribution in [1.29, 1.82) is 0 Å². The van der Waals surface area contributed by atoms with Crippen molar-refractivity contribution in [2.75, 3.05) is 46.6 Å². The number of carbonyl (C=O) groups excluding carboxylic acids is 1. The maximum atomic E-state index is 11.5. The van der Waals surface area contributed by atoms with Gasteiger partial charge in [-0.05, 0) is 6.42 Å². The molecule has 0 aromatic heterocycles. The molecule has 7 nitrogen and oxygen atoms in total. The van der Waals surface area contributed by atoms with Gasteiger partial charge in [-0.25, -0.2) is 8.42 Å². The molecule has 0 saturated carbocycles. The van der Waals surface area contributed by atoms with Crippen LogP contribution in [-0.4, -0.2) is 75.1 Å². The average Bonchev–Trinajstić information content (AvgIpc) is 2.31. The molecule has 0 rings (SSSR count). The van der Waals surface area contributed by atoms with Gasteiger partial charge in [-0.2, -0.15) is 0 Å². The van der Waals surface area contributed by atoms with Crippen molar-refractivity contribution < 1.29 is 27.4 Å². The molecule has 0 saturated heterocycles. The molecular weight excluding hydrogens is 296 g/mol. The Hall–Kier alpha value is -0.700. The molecule has 1 atom stereocenters. The molecule has 0 aromatic carbocycles. The second-order valence-corrected chi connectivity index (χ2v) is 7.17. The Balaban J connectivity index is 0. The van der Waals surface area contributed by atoms with Gasteiger partial charge >= 0.3 is 0 Å². The SMILES string of the molecule is CCC(C)C(=O)NCCC[N+](C)(C)CCO.CS(=O)(=O)[O-]. The van der Waals surface area contributed by atoms with Gasteiger partial charge < -0.3 is 19.5 Å². The summed E-state index contributed by atoms with van der Waals surface area (Å²) in [4.78, 5) is 11.5. The summed E-state index contributed by atoms with van der Waals surface area (Å²) >= 11 is 0. The number of aliphatic hydroxyl groups is 1. The van der Waals surface area contributed by atoms with Crippen molar-refractivity contribution in [1.82, 2.24) is 5.32 Å². The topological polar surface area (TPSA) is 107 Å². The molecule has 0 fully saturated rings. The largest absolute Gasteiger partial charge is 0.748 e. The van der Waals surface area contributed by atoms with Crippen LogP contribution in [0.5, 0.6) is 0 Å². The highest BCUT2D eigenvalue weighted by Crippen LogP contribution is 2.01. The monoisotopic (exact) mass is 326 g/mol. The zero-order valence-corrected chi connectivity index (χ0v) is 14.6. The Morgan fingerprint density at radius 1 is 1.33 bits per heavy atom. The fourth-order valence-electron chi connectivity index (χ4n) is 1.46. The summed E-state index contributed by atoms with van der Waals surface area (Å²) in [5.74, 6) is 0.259. The molecule has 0 aliphatic rings. The highest BCUT2D eigenvalue weighted by atomic mass is 32.2. The number of carbonyl (C=O) groups is 1. The molecule has 2 N–H and O–H groups in total. The normalized spacial score (nSPS) is 13.1. The number of quaternary nitrogens is 1. The van der Waals surface area contributed by atoms with Crippen LogP contribution in [0.15, 0.2) is 0 Å². The van der Waals surface area contributed by atoms with E-state index in [1.807, 2.05) is 13.8 Å². The molecule has 0 aromatic rings. The number of rotatable bonds is 8. The van der Waals surface area contributed by atoms with E-state index in [0.29, 0.717) is 6.26 Å². The van der Waals surface area contributed by atoms with Crippen molar-refractivity contribution in [3.63, 3.8) is 0 Å². The Labute approximate surface area is 128 Å². The van der Waals surface area contributed by atoms with Gasteiger partial charge in [-0.15, -0.1) is 0 Å². The van der Waals surface area contributed by atoms with Crippen molar-refractivity contribution in [3.05, 3.63) is 0 Å². The standard InChI is InChI=1S/C12H26N2O2.CH4O3S/c1-5-11(2)12(16)13-7-6-8-14(3,4)9-10-15;1-5(2,3)4/h11,15H,5-10H2,1-4H3;1H3,(H,2,3,4). The van der Waals surface area contributed by atoms with Crippen molar-refractivity contribution >= 4 is 16.0 Å². The molecule has 1 amide bonds. The quantitative estimate of drug-likeness (QED) is 0.364. The first-order chi connectivity index (χ1) is 9.43. The Morgan fingerprint density at radius 3 is 2.19 bits per heavy atom. The zero-order chi connectivity index (χ0) is 17.1. The second kappa shape index (κ2) is 10.9. The third kappa shape index (κ3) is 19.3. The van der Waals surface area contributed by atoms with E-state index in [4.69, 9.17) is 18.1 Å². The highest BCUT2D eigenvalue weighted by molar-refractivity contribution is 7.84. The highest BCUT2D eigenvalue weighted by Gasteiger charge is 2.14. The van der Waals surface area contributed by atoms with Crippen molar-refractivity contribution in [2.45, 2.75) is 26.7 Å². The maximum Gasteiger partial charge on any atom is 0.222 e. The summed E-state index contributed by atoms with van der Waals surface area (Å²) in [7, 11) is 0.263. The first-order valence-corrected chi connectivity index (χ1v) is 8.86. The van der Waals surface area contributed by atoms with Crippen LogP contribution in [0.3, 0.4) is 0 Å². The van der Waals surface area contributed by atoms with Crippen LogP contribution in [0, 0.1) is 5.92 Å². The Morgan fingerprint density at radius 2 is 1.81 bits per heavy atom. The smallest absolute Gasteiger partial charge is 0.222 e. The molecule has 0 bridgehead atoms. The number of nitrogens with zero attached hydrogens (tertiary/aromatic N) is 1. The molecule has 0 spiro atoms. The van der Waals surface area contributed by atoms with E-state index >= 15 is 0 Å². The third-order valence-electron chi connectivity index (χ3n) is 3.00. The van der Waals surface area contributed by atoms with E-state index in [2.05, 4.69) is 19.4 Å². The Bertz CT molecular complexity index is 374. The molecule has 0 heterocycles. The van der Waals surface area contributed by atoms with Crippen LogP contribution < -0.4 is 5.32 Å². The molecular formula is C13H30N2O5S. The number of hydrogen-bond donors (Lipinski definition) is 2. The van der Waals surface area contributed by atoms with Gasteiger partial charge in [0.05, 0.1) is 37.4 Å². The summed E-state index contributed by atoms with van der Waals surface area (Å²) in [6.07, 6.45) is 2.44. The molecule has 0 aliphatic heterocycles. The summed E-state index contributed by atoms with van der Waals surface area (Å²) < 4.78 is 28.0. The molecule has 21 heavy (non-hydrogen) atoms. The predicted octanol–water partition coefficient (Wildman–Crippen LogP) is -0.231. The lowest BCUT2D eigenvalue weighted by Crippen LogP contribution is -2.44. The Kier molecular flexibility index (Phi) is 11.8. The lowest BCUT2D eigenvalue weighted by Gasteiger charge is -2.29. The van der Waals surface area contributed by atoms with Crippen LogP contribution in [0.25, 0.3) is 0 Å². The lowest BCUT2D eigenvalue weighted by molar-refractivity contribution is -0.890. The first kappa shape index (κ1) is 22.6. The van der Waals surface area contributed by atoms with Gasteiger partial charge in [-0.3, -0.25) is 4.79 Å². The van der Waals surface area contributed by atoms with Gasteiger partial charge in [0, 0.05) is 25.1 Å². The number of likely N-dealkylation sites (N-methyl/N-ethyl adjacent to an activating group) is 1. The molecule has 128 valence electrons. The average molecular weight is 326 g/mol. The fraction of sp³-hybridized carbons (Fsp3) is 0.923. The second-order valence-electron chi connectivity index (χ2n) is 5.76. The van der Waals surface area contributed by atoms with Crippen LogP contribution in [0.1, 0.15) is 26.7 Å². The van der Waals surface area contributed by atoms with E-state index in [-0.39, 0.29) is 18.4 Å². The lowest BCUT2D eigenvalue weighted by atomic mass is 10.1. The molecule has 8 heteroatoms. The van der Waals surface area contributed by atoms with Crippen LogP contribution >= 0.6 is 0 Å². The van der Waals surface area contributed by atoms with Gasteiger partial charge in [0.15, 0.2) is 0 Å². The molecule has 1 unspecified atom stereocenters. The summed E-state index contributed by atoms with van der Waals surface area (Å²) in [5.41, 5.74) is 0. The fourth-order valence-corrected chi connectivity index (χ4v) is 1.46.